The summed E-state index contributed by atoms with van der Waals surface area (Å²) >= 11 is 0. The van der Waals surface area contributed by atoms with Gasteiger partial charge in [-0.1, -0.05) is 12.7 Å². The summed E-state index contributed by atoms with van der Waals surface area (Å²) in [6.45, 7) is 3.80. The Kier molecular flexibility index (Phi) is 3.05. The quantitative estimate of drug-likeness (QED) is 0.459. The summed E-state index contributed by atoms with van der Waals surface area (Å²) in [6, 6.07) is 6.30. The molecule has 0 N–H and O–H groups in total. The molecule has 0 spiro atoms. The standard InChI is InChI=1S/C13H10O4/c1-2-7-16-11-5-3-9-4-6-12(15)17-13(9)10(11)8-14/h2-6,8H,1,7H2. The van der Waals surface area contributed by atoms with Crippen molar-refractivity contribution in [1.29, 1.82) is 0 Å². The lowest BCUT2D eigenvalue weighted by atomic mass is 10.1. The van der Waals surface area contributed by atoms with Gasteiger partial charge in [0.25, 0.3) is 0 Å². The van der Waals surface area contributed by atoms with Gasteiger partial charge in [0.2, 0.25) is 0 Å². The van der Waals surface area contributed by atoms with Crippen molar-refractivity contribution in [1.82, 2.24) is 0 Å². The lowest BCUT2D eigenvalue weighted by Crippen LogP contribution is -2.00. The van der Waals surface area contributed by atoms with Crippen molar-refractivity contribution in [3.63, 3.8) is 0 Å². The number of aldehydes is 1. The maximum absolute atomic E-state index is 11.1. The van der Waals surface area contributed by atoms with Gasteiger partial charge in [-0.05, 0) is 18.2 Å². The second kappa shape index (κ2) is 4.65. The van der Waals surface area contributed by atoms with E-state index in [-0.39, 0.29) is 17.8 Å². The van der Waals surface area contributed by atoms with E-state index in [1.165, 1.54) is 6.07 Å². The molecule has 1 heterocycles. The van der Waals surface area contributed by atoms with E-state index >= 15 is 0 Å². The lowest BCUT2D eigenvalue weighted by Gasteiger charge is -2.07. The second-order valence-electron chi connectivity index (χ2n) is 3.37. The van der Waals surface area contributed by atoms with Crippen LogP contribution in [0.2, 0.25) is 0 Å². The van der Waals surface area contributed by atoms with Gasteiger partial charge < -0.3 is 9.15 Å². The predicted octanol–water partition coefficient (Wildman–Crippen LogP) is 2.17. The number of carbonyl (C=O) groups is 1. The van der Waals surface area contributed by atoms with E-state index in [2.05, 4.69) is 6.58 Å². The highest BCUT2D eigenvalue weighted by molar-refractivity contribution is 5.97. The van der Waals surface area contributed by atoms with Gasteiger partial charge >= 0.3 is 5.63 Å². The van der Waals surface area contributed by atoms with Gasteiger partial charge in [0.1, 0.15) is 12.4 Å². The molecule has 0 aliphatic rings. The Morgan fingerprint density at radius 3 is 2.76 bits per heavy atom. The normalized spacial score (nSPS) is 10.1. The van der Waals surface area contributed by atoms with Gasteiger partial charge in [0, 0.05) is 11.5 Å². The first-order valence-corrected chi connectivity index (χ1v) is 5.02. The topological polar surface area (TPSA) is 56.5 Å². The Labute approximate surface area is 97.1 Å². The highest BCUT2D eigenvalue weighted by Crippen LogP contribution is 2.25. The molecule has 2 aromatic rings. The first-order chi connectivity index (χ1) is 8.26. The van der Waals surface area contributed by atoms with Crippen LogP contribution in [0.25, 0.3) is 11.0 Å². The first kappa shape index (κ1) is 11.1. The van der Waals surface area contributed by atoms with Crippen LogP contribution in [0.5, 0.6) is 5.75 Å². The minimum atomic E-state index is -0.499. The smallest absolute Gasteiger partial charge is 0.336 e. The van der Waals surface area contributed by atoms with E-state index in [0.717, 1.165) is 0 Å². The average molecular weight is 230 g/mol. The van der Waals surface area contributed by atoms with Crippen LogP contribution in [0.1, 0.15) is 10.4 Å². The summed E-state index contributed by atoms with van der Waals surface area (Å²) in [7, 11) is 0. The van der Waals surface area contributed by atoms with E-state index in [1.54, 1.807) is 24.3 Å². The molecule has 1 aromatic heterocycles. The van der Waals surface area contributed by atoms with Crippen molar-refractivity contribution in [3.8, 4) is 5.75 Å². The zero-order chi connectivity index (χ0) is 12.3. The molecular formula is C13H10O4. The fraction of sp³-hybridized carbons (Fsp3) is 0.0769. The molecule has 86 valence electrons. The molecule has 0 amide bonds. The second-order valence-corrected chi connectivity index (χ2v) is 3.37. The summed E-state index contributed by atoms with van der Waals surface area (Å²) in [5.41, 5.74) is -0.0161. The highest BCUT2D eigenvalue weighted by Gasteiger charge is 2.10. The van der Waals surface area contributed by atoms with E-state index in [0.29, 0.717) is 17.4 Å². The van der Waals surface area contributed by atoms with Crippen LogP contribution in [0.3, 0.4) is 0 Å². The van der Waals surface area contributed by atoms with Crippen LogP contribution in [-0.4, -0.2) is 12.9 Å². The molecule has 4 heteroatoms. The fourth-order valence-corrected chi connectivity index (χ4v) is 1.52. The molecular weight excluding hydrogens is 220 g/mol. The lowest BCUT2D eigenvalue weighted by molar-refractivity contribution is 0.112. The number of benzene rings is 1. The fourth-order valence-electron chi connectivity index (χ4n) is 1.52. The van der Waals surface area contributed by atoms with Crippen LogP contribution >= 0.6 is 0 Å². The van der Waals surface area contributed by atoms with E-state index in [4.69, 9.17) is 9.15 Å². The molecule has 0 aliphatic heterocycles. The molecule has 0 saturated carbocycles. The van der Waals surface area contributed by atoms with Gasteiger partial charge in [0.15, 0.2) is 11.9 Å². The van der Waals surface area contributed by atoms with Crippen LogP contribution in [-0.2, 0) is 0 Å². The number of hydrogen-bond acceptors (Lipinski definition) is 4. The Morgan fingerprint density at radius 1 is 1.29 bits per heavy atom. The third kappa shape index (κ3) is 2.10. The number of rotatable bonds is 4. The summed E-state index contributed by atoms with van der Waals surface area (Å²) < 4.78 is 10.3. The molecule has 1 aromatic carbocycles. The monoisotopic (exact) mass is 230 g/mol. The molecule has 0 fully saturated rings. The largest absolute Gasteiger partial charge is 0.489 e. The van der Waals surface area contributed by atoms with Gasteiger partial charge in [-0.3, -0.25) is 4.79 Å². The third-order valence-corrected chi connectivity index (χ3v) is 2.26. The number of carbonyl (C=O) groups excluding carboxylic acids is 1. The first-order valence-electron chi connectivity index (χ1n) is 5.02. The summed E-state index contributed by atoms with van der Waals surface area (Å²) in [5.74, 6) is 0.377. The summed E-state index contributed by atoms with van der Waals surface area (Å²) in [4.78, 5) is 22.2. The van der Waals surface area contributed by atoms with Crippen LogP contribution in [0.15, 0.2) is 46.1 Å². The maximum atomic E-state index is 11.1. The van der Waals surface area contributed by atoms with Crippen molar-refractivity contribution in [2.75, 3.05) is 6.61 Å². The summed E-state index contributed by atoms with van der Waals surface area (Å²) in [6.07, 6.45) is 2.18. The van der Waals surface area contributed by atoms with Gasteiger partial charge in [-0.15, -0.1) is 0 Å². The Morgan fingerprint density at radius 2 is 2.06 bits per heavy atom. The van der Waals surface area contributed by atoms with Crippen LogP contribution in [0, 0.1) is 0 Å². The molecule has 0 saturated heterocycles. The van der Waals surface area contributed by atoms with Crippen molar-refractivity contribution in [3.05, 3.63) is 52.9 Å². The SMILES string of the molecule is C=CCOc1ccc2ccc(=O)oc2c1C=O. The van der Waals surface area contributed by atoms with Crippen LogP contribution < -0.4 is 10.4 Å². The molecule has 0 unspecified atom stereocenters. The van der Waals surface area contributed by atoms with Gasteiger partial charge in [0.05, 0.1) is 5.56 Å². The Hall–Kier alpha value is -2.36. The van der Waals surface area contributed by atoms with Crippen LogP contribution in [0.4, 0.5) is 0 Å². The van der Waals surface area contributed by atoms with Crippen molar-refractivity contribution in [2.45, 2.75) is 0 Å². The minimum Gasteiger partial charge on any atom is -0.489 e. The van der Waals surface area contributed by atoms with E-state index < -0.39 is 5.63 Å². The highest BCUT2D eigenvalue weighted by atomic mass is 16.5. The van der Waals surface area contributed by atoms with E-state index in [1.807, 2.05) is 0 Å². The zero-order valence-electron chi connectivity index (χ0n) is 9.01. The number of fused-ring (bicyclic) bond motifs is 1. The molecule has 17 heavy (non-hydrogen) atoms. The van der Waals surface area contributed by atoms with Gasteiger partial charge in [-0.25, -0.2) is 4.79 Å². The molecule has 0 bridgehead atoms. The Balaban J connectivity index is 2.66. The van der Waals surface area contributed by atoms with Crippen molar-refractivity contribution < 1.29 is 13.9 Å². The predicted molar refractivity (Wildman–Crippen MR) is 63.6 cm³/mol. The van der Waals surface area contributed by atoms with Crippen molar-refractivity contribution >= 4 is 17.3 Å². The molecule has 4 nitrogen and oxygen atoms in total. The van der Waals surface area contributed by atoms with Gasteiger partial charge in [-0.2, -0.15) is 0 Å². The molecule has 0 aliphatic carbocycles. The molecule has 0 radical (unpaired) electrons. The average Bonchev–Trinajstić information content (AvgIpc) is 2.35. The molecule has 0 atom stereocenters. The number of hydrogen-bond donors (Lipinski definition) is 0. The number of ether oxygens (including phenoxy) is 1. The minimum absolute atomic E-state index is 0.238. The Bertz CT molecular complexity index is 625. The maximum Gasteiger partial charge on any atom is 0.336 e. The van der Waals surface area contributed by atoms with Crippen molar-refractivity contribution in [2.24, 2.45) is 0 Å². The van der Waals surface area contributed by atoms with E-state index in [9.17, 15) is 9.59 Å². The molecule has 2 rings (SSSR count). The summed E-state index contributed by atoms with van der Waals surface area (Å²) in [5, 5.41) is 0.678. The zero-order valence-corrected chi connectivity index (χ0v) is 9.01. The third-order valence-electron chi connectivity index (χ3n) is 2.26.